The van der Waals surface area contributed by atoms with Crippen molar-refractivity contribution in [3.05, 3.63) is 0 Å². The molecule has 13 heavy (non-hydrogen) atoms. The molecule has 1 aliphatic rings. The number of carbonyl (C=O) groups excluding carboxylic acids is 1. The number of carbonyl (C=O) groups is 1. The number of urea groups is 1. The van der Waals surface area contributed by atoms with Gasteiger partial charge in [-0.25, -0.2) is 4.79 Å². The van der Waals surface area contributed by atoms with Crippen LogP contribution < -0.4 is 10.6 Å². The first-order chi connectivity index (χ1) is 6.33. The predicted octanol–water partition coefficient (Wildman–Crippen LogP) is 0.401. The summed E-state index contributed by atoms with van der Waals surface area (Å²) in [6.07, 6.45) is 3.72. The molecule has 0 saturated carbocycles. The van der Waals surface area contributed by atoms with Crippen LogP contribution in [0.5, 0.6) is 0 Å². The molecule has 0 radical (unpaired) electrons. The Morgan fingerprint density at radius 1 is 1.38 bits per heavy atom. The Morgan fingerprint density at radius 2 is 2.08 bits per heavy atom. The van der Waals surface area contributed by atoms with Crippen molar-refractivity contribution in [3.63, 3.8) is 0 Å². The molecule has 4 nitrogen and oxygen atoms in total. The van der Waals surface area contributed by atoms with E-state index in [1.54, 1.807) is 7.05 Å². The number of hydrogen-bond donors (Lipinski definition) is 2. The minimum absolute atomic E-state index is 0.0820. The molecule has 4 heteroatoms. The second kappa shape index (κ2) is 5.80. The van der Waals surface area contributed by atoms with Gasteiger partial charge >= 0.3 is 6.03 Å². The van der Waals surface area contributed by atoms with Crippen molar-refractivity contribution in [3.8, 4) is 0 Å². The Bertz CT molecular complexity index is 155. The Morgan fingerprint density at radius 3 is 2.69 bits per heavy atom. The highest BCUT2D eigenvalue weighted by molar-refractivity contribution is 5.73. The second-order valence-corrected chi connectivity index (χ2v) is 3.41. The molecule has 1 heterocycles. The van der Waals surface area contributed by atoms with Crippen LogP contribution in [0, 0.1) is 0 Å². The van der Waals surface area contributed by atoms with Crippen LogP contribution in [-0.4, -0.2) is 44.2 Å². The fraction of sp³-hybridized carbons (Fsp3) is 0.889. The first-order valence-corrected chi connectivity index (χ1v) is 5.01. The third-order valence-electron chi connectivity index (χ3n) is 2.36. The van der Waals surface area contributed by atoms with Crippen LogP contribution in [0.4, 0.5) is 4.79 Å². The lowest BCUT2D eigenvalue weighted by molar-refractivity contribution is 0.241. The minimum atomic E-state index is -0.0820. The third kappa shape index (κ3) is 4.12. The van der Waals surface area contributed by atoms with Gasteiger partial charge in [0.2, 0.25) is 0 Å². The molecule has 0 aromatic carbocycles. The summed E-state index contributed by atoms with van der Waals surface area (Å²) in [7, 11) is 1.63. The molecule has 0 unspecified atom stereocenters. The van der Waals surface area contributed by atoms with Gasteiger partial charge in [-0.2, -0.15) is 0 Å². The van der Waals surface area contributed by atoms with Gasteiger partial charge in [0.1, 0.15) is 0 Å². The average Bonchev–Trinajstić information content (AvgIpc) is 2.64. The maximum Gasteiger partial charge on any atom is 0.314 e. The molecular formula is C9H19N3O. The van der Waals surface area contributed by atoms with Crippen LogP contribution in [0.3, 0.4) is 0 Å². The summed E-state index contributed by atoms with van der Waals surface area (Å²) < 4.78 is 0. The van der Waals surface area contributed by atoms with Gasteiger partial charge in [-0.1, -0.05) is 0 Å². The maximum absolute atomic E-state index is 10.8. The van der Waals surface area contributed by atoms with Crippen molar-refractivity contribution in [1.29, 1.82) is 0 Å². The summed E-state index contributed by atoms with van der Waals surface area (Å²) in [5, 5.41) is 5.31. The number of likely N-dealkylation sites (tertiary alicyclic amines) is 1. The maximum atomic E-state index is 10.8. The van der Waals surface area contributed by atoms with Crippen molar-refractivity contribution in [2.24, 2.45) is 0 Å². The largest absolute Gasteiger partial charge is 0.341 e. The van der Waals surface area contributed by atoms with Crippen molar-refractivity contribution >= 4 is 6.03 Å². The lowest BCUT2D eigenvalue weighted by Crippen LogP contribution is -2.34. The standard InChI is InChI=1S/C9H19N3O/c1-10-9(13)11-5-4-8-12-6-2-3-7-12/h2-8H2,1H3,(H2,10,11,13). The Balaban J connectivity index is 1.91. The van der Waals surface area contributed by atoms with E-state index in [0.29, 0.717) is 0 Å². The number of amides is 2. The van der Waals surface area contributed by atoms with Crippen molar-refractivity contribution in [2.45, 2.75) is 19.3 Å². The van der Waals surface area contributed by atoms with Gasteiger partial charge in [0.25, 0.3) is 0 Å². The van der Waals surface area contributed by atoms with Crippen LogP contribution >= 0.6 is 0 Å². The second-order valence-electron chi connectivity index (χ2n) is 3.41. The Hall–Kier alpha value is -0.770. The molecule has 2 N–H and O–H groups in total. The quantitative estimate of drug-likeness (QED) is 0.623. The van der Waals surface area contributed by atoms with Gasteiger partial charge in [-0.05, 0) is 38.9 Å². The molecule has 0 spiro atoms. The first-order valence-electron chi connectivity index (χ1n) is 5.01. The zero-order chi connectivity index (χ0) is 9.52. The molecule has 2 amide bonds. The molecule has 1 aliphatic heterocycles. The third-order valence-corrected chi connectivity index (χ3v) is 2.36. The SMILES string of the molecule is CNC(=O)NCCCN1CCCC1. The summed E-state index contributed by atoms with van der Waals surface area (Å²) in [5.74, 6) is 0. The molecule has 0 atom stereocenters. The average molecular weight is 185 g/mol. The highest BCUT2D eigenvalue weighted by atomic mass is 16.2. The van der Waals surface area contributed by atoms with E-state index in [2.05, 4.69) is 15.5 Å². The lowest BCUT2D eigenvalue weighted by atomic mass is 10.4. The number of nitrogens with one attached hydrogen (secondary N) is 2. The van der Waals surface area contributed by atoms with E-state index in [0.717, 1.165) is 19.5 Å². The highest BCUT2D eigenvalue weighted by Gasteiger charge is 2.09. The number of nitrogens with zero attached hydrogens (tertiary/aromatic N) is 1. The highest BCUT2D eigenvalue weighted by Crippen LogP contribution is 2.06. The summed E-state index contributed by atoms with van der Waals surface area (Å²) in [5.41, 5.74) is 0. The van der Waals surface area contributed by atoms with Gasteiger partial charge in [0.05, 0.1) is 0 Å². The fourth-order valence-corrected chi connectivity index (χ4v) is 1.60. The molecule has 0 aromatic rings. The molecule has 0 bridgehead atoms. The molecule has 1 fully saturated rings. The van der Waals surface area contributed by atoms with Gasteiger partial charge in [-0.15, -0.1) is 0 Å². The molecule has 0 aliphatic carbocycles. The minimum Gasteiger partial charge on any atom is -0.341 e. The van der Waals surface area contributed by atoms with Crippen LogP contribution in [0.25, 0.3) is 0 Å². The Kier molecular flexibility index (Phi) is 4.60. The van der Waals surface area contributed by atoms with Gasteiger partial charge < -0.3 is 15.5 Å². The topological polar surface area (TPSA) is 44.4 Å². The molecule has 0 aromatic heterocycles. The molecule has 76 valence electrons. The van der Waals surface area contributed by atoms with Crippen molar-refractivity contribution in [2.75, 3.05) is 33.2 Å². The normalized spacial score (nSPS) is 17.3. The zero-order valence-corrected chi connectivity index (χ0v) is 8.31. The molecule has 1 rings (SSSR count). The number of rotatable bonds is 4. The first kappa shape index (κ1) is 10.3. The monoisotopic (exact) mass is 185 g/mol. The Labute approximate surface area is 79.7 Å². The zero-order valence-electron chi connectivity index (χ0n) is 8.31. The lowest BCUT2D eigenvalue weighted by Gasteiger charge is -2.13. The summed E-state index contributed by atoms with van der Waals surface area (Å²) >= 11 is 0. The molecule has 1 saturated heterocycles. The summed E-state index contributed by atoms with van der Waals surface area (Å²) in [4.78, 5) is 13.2. The van der Waals surface area contributed by atoms with E-state index in [1.165, 1.54) is 25.9 Å². The van der Waals surface area contributed by atoms with E-state index in [-0.39, 0.29) is 6.03 Å². The van der Waals surface area contributed by atoms with Crippen molar-refractivity contribution in [1.82, 2.24) is 15.5 Å². The predicted molar refractivity (Wildman–Crippen MR) is 52.7 cm³/mol. The van der Waals surface area contributed by atoms with E-state index >= 15 is 0 Å². The van der Waals surface area contributed by atoms with Crippen LogP contribution in [0.15, 0.2) is 0 Å². The van der Waals surface area contributed by atoms with E-state index in [1.807, 2.05) is 0 Å². The van der Waals surface area contributed by atoms with E-state index in [4.69, 9.17) is 0 Å². The van der Waals surface area contributed by atoms with Gasteiger partial charge in [-0.3, -0.25) is 0 Å². The summed E-state index contributed by atoms with van der Waals surface area (Å²) in [6.45, 7) is 4.36. The van der Waals surface area contributed by atoms with Crippen LogP contribution in [-0.2, 0) is 0 Å². The van der Waals surface area contributed by atoms with E-state index in [9.17, 15) is 4.79 Å². The molecular weight excluding hydrogens is 166 g/mol. The fourth-order valence-electron chi connectivity index (χ4n) is 1.60. The number of hydrogen-bond acceptors (Lipinski definition) is 2. The van der Waals surface area contributed by atoms with Crippen LogP contribution in [0.2, 0.25) is 0 Å². The van der Waals surface area contributed by atoms with Gasteiger partial charge in [0, 0.05) is 13.6 Å². The van der Waals surface area contributed by atoms with Crippen LogP contribution in [0.1, 0.15) is 19.3 Å². The van der Waals surface area contributed by atoms with E-state index < -0.39 is 0 Å². The van der Waals surface area contributed by atoms with Crippen molar-refractivity contribution < 1.29 is 4.79 Å². The summed E-state index contributed by atoms with van der Waals surface area (Å²) in [6, 6.07) is -0.0820. The van der Waals surface area contributed by atoms with Gasteiger partial charge in [0.15, 0.2) is 0 Å². The smallest absolute Gasteiger partial charge is 0.314 e.